The Morgan fingerprint density at radius 1 is 1.13 bits per heavy atom. The number of benzene rings is 3. The number of rotatable bonds is 7. The minimum atomic E-state index is -0.628. The van der Waals surface area contributed by atoms with Crippen LogP contribution in [0.15, 0.2) is 70.6 Å². The topological polar surface area (TPSA) is 99.6 Å². The highest BCUT2D eigenvalue weighted by Crippen LogP contribution is 2.37. The van der Waals surface area contributed by atoms with Crippen molar-refractivity contribution >= 4 is 34.4 Å². The van der Waals surface area contributed by atoms with Gasteiger partial charge in [0.1, 0.15) is 18.2 Å². The number of hydrogen-bond acceptors (Lipinski definition) is 6. The van der Waals surface area contributed by atoms with Crippen molar-refractivity contribution in [3.05, 3.63) is 109 Å². The maximum Gasteiger partial charge on any atom is 0.313 e. The van der Waals surface area contributed by atoms with Gasteiger partial charge in [-0.3, -0.25) is 14.9 Å². The number of para-hydroxylation sites is 1. The highest BCUT2D eigenvalue weighted by atomic mass is 35.5. The normalized spacial score (nSPS) is 14.3. The van der Waals surface area contributed by atoms with Crippen molar-refractivity contribution in [2.45, 2.75) is 44.6 Å². The summed E-state index contributed by atoms with van der Waals surface area (Å²) >= 11 is 6.36. The fourth-order valence-corrected chi connectivity index (χ4v) is 5.00. The van der Waals surface area contributed by atoms with Gasteiger partial charge in [-0.1, -0.05) is 61.2 Å². The summed E-state index contributed by atoms with van der Waals surface area (Å²) in [4.78, 5) is 29.4. The molecule has 1 fully saturated rings. The summed E-state index contributed by atoms with van der Waals surface area (Å²) in [5, 5.41) is 16.6. The van der Waals surface area contributed by atoms with Gasteiger partial charge in [0.15, 0.2) is 0 Å². The SMILES string of the molecule is O=c1c2ccccc2nc(C2CCCCC2)n1N=Cc1cc(Cl)c(OCc2ccccc2F)c([N+](=O)[O-])c1. The van der Waals surface area contributed by atoms with E-state index in [0.717, 1.165) is 32.1 Å². The molecule has 0 radical (unpaired) electrons. The molecule has 194 valence electrons. The van der Waals surface area contributed by atoms with Crippen molar-refractivity contribution < 1.29 is 14.1 Å². The first kappa shape index (κ1) is 25.5. The van der Waals surface area contributed by atoms with E-state index in [4.69, 9.17) is 21.3 Å². The van der Waals surface area contributed by atoms with E-state index >= 15 is 0 Å². The van der Waals surface area contributed by atoms with Crippen LogP contribution in [-0.4, -0.2) is 20.8 Å². The molecule has 38 heavy (non-hydrogen) atoms. The van der Waals surface area contributed by atoms with E-state index in [-0.39, 0.29) is 34.4 Å². The minimum absolute atomic E-state index is 0.0338. The molecule has 5 rings (SSSR count). The third-order valence-corrected chi connectivity index (χ3v) is 6.93. The molecule has 0 N–H and O–H groups in total. The Morgan fingerprint density at radius 3 is 2.63 bits per heavy atom. The summed E-state index contributed by atoms with van der Waals surface area (Å²) in [6.45, 7) is -0.233. The van der Waals surface area contributed by atoms with Crippen LogP contribution in [-0.2, 0) is 6.61 Å². The van der Waals surface area contributed by atoms with E-state index in [1.54, 1.807) is 30.3 Å². The van der Waals surface area contributed by atoms with Crippen LogP contribution >= 0.6 is 11.6 Å². The van der Waals surface area contributed by atoms with Crippen molar-refractivity contribution in [1.82, 2.24) is 9.66 Å². The predicted molar refractivity (Wildman–Crippen MR) is 144 cm³/mol. The van der Waals surface area contributed by atoms with Crippen molar-refractivity contribution in [2.75, 3.05) is 0 Å². The number of nitrogens with zero attached hydrogens (tertiary/aromatic N) is 4. The second-order valence-corrected chi connectivity index (χ2v) is 9.58. The van der Waals surface area contributed by atoms with Gasteiger partial charge >= 0.3 is 5.69 Å². The van der Waals surface area contributed by atoms with E-state index in [9.17, 15) is 19.3 Å². The van der Waals surface area contributed by atoms with Gasteiger partial charge < -0.3 is 4.74 Å². The van der Waals surface area contributed by atoms with Crippen LogP contribution in [0, 0.1) is 15.9 Å². The number of nitro benzene ring substituents is 1. The molecule has 0 unspecified atom stereocenters. The maximum atomic E-state index is 14.0. The average Bonchev–Trinajstić information content (AvgIpc) is 2.93. The summed E-state index contributed by atoms with van der Waals surface area (Å²) < 4.78 is 20.8. The number of hydrogen-bond donors (Lipinski definition) is 0. The first-order chi connectivity index (χ1) is 18.4. The molecule has 1 aliphatic carbocycles. The molecular formula is C28H24ClFN4O4. The lowest BCUT2D eigenvalue weighted by molar-refractivity contribution is -0.385. The molecule has 1 aliphatic rings. The Balaban J connectivity index is 1.52. The Hall–Kier alpha value is -4.11. The largest absolute Gasteiger partial charge is 0.481 e. The Morgan fingerprint density at radius 2 is 1.87 bits per heavy atom. The van der Waals surface area contributed by atoms with Crippen LogP contribution in [0.4, 0.5) is 10.1 Å². The first-order valence-electron chi connectivity index (χ1n) is 12.3. The molecule has 0 bridgehead atoms. The van der Waals surface area contributed by atoms with Crippen LogP contribution in [0.1, 0.15) is 55.0 Å². The van der Waals surface area contributed by atoms with Gasteiger partial charge in [-0.05, 0) is 37.1 Å². The van der Waals surface area contributed by atoms with Gasteiger partial charge in [-0.15, -0.1) is 0 Å². The zero-order valence-corrected chi connectivity index (χ0v) is 21.1. The highest BCUT2D eigenvalue weighted by molar-refractivity contribution is 6.32. The number of halogens is 2. The molecule has 8 nitrogen and oxygen atoms in total. The lowest BCUT2D eigenvalue weighted by atomic mass is 9.88. The molecule has 4 aromatic rings. The lowest BCUT2D eigenvalue weighted by Gasteiger charge is -2.22. The predicted octanol–water partition coefficient (Wildman–Crippen LogP) is 6.61. The Bertz CT molecular complexity index is 1600. The van der Waals surface area contributed by atoms with E-state index in [1.807, 2.05) is 6.07 Å². The van der Waals surface area contributed by atoms with Crippen molar-refractivity contribution in [3.63, 3.8) is 0 Å². The van der Waals surface area contributed by atoms with Crippen LogP contribution in [0.2, 0.25) is 5.02 Å². The van der Waals surface area contributed by atoms with Crippen molar-refractivity contribution in [1.29, 1.82) is 0 Å². The summed E-state index contributed by atoms with van der Waals surface area (Å²) in [7, 11) is 0. The van der Waals surface area contributed by atoms with Crippen molar-refractivity contribution in [2.24, 2.45) is 5.10 Å². The standard InChI is InChI=1S/C28H24ClFN4O4/c29-22-14-18(15-25(34(36)37)26(22)38-17-20-10-4-6-12-23(20)30)16-31-33-27(19-8-2-1-3-9-19)32-24-13-7-5-11-21(24)28(33)35/h4-7,10-16,19H,1-3,8-9,17H2. The van der Waals surface area contributed by atoms with Gasteiger partial charge in [-0.25, -0.2) is 9.37 Å². The van der Waals surface area contributed by atoms with Crippen LogP contribution in [0.5, 0.6) is 5.75 Å². The Kier molecular flexibility index (Phi) is 7.46. The molecule has 10 heteroatoms. The van der Waals surface area contributed by atoms with E-state index in [0.29, 0.717) is 22.3 Å². The quantitative estimate of drug-likeness (QED) is 0.151. The second-order valence-electron chi connectivity index (χ2n) is 9.17. The molecule has 0 atom stereocenters. The van der Waals surface area contributed by atoms with Gasteiger partial charge in [-0.2, -0.15) is 9.78 Å². The lowest BCUT2D eigenvalue weighted by Crippen LogP contribution is -2.25. The summed E-state index contributed by atoms with van der Waals surface area (Å²) in [6, 6.07) is 15.8. The van der Waals surface area contributed by atoms with Gasteiger partial charge in [0, 0.05) is 23.1 Å². The maximum absolute atomic E-state index is 14.0. The first-order valence-corrected chi connectivity index (χ1v) is 12.7. The zero-order chi connectivity index (χ0) is 26.6. The molecule has 0 spiro atoms. The molecule has 3 aromatic carbocycles. The van der Waals surface area contributed by atoms with Gasteiger partial charge in [0.25, 0.3) is 5.56 Å². The van der Waals surface area contributed by atoms with Crippen LogP contribution < -0.4 is 10.3 Å². The number of aromatic nitrogens is 2. The summed E-state index contributed by atoms with van der Waals surface area (Å²) in [5.41, 5.74) is 0.445. The van der Waals surface area contributed by atoms with Gasteiger partial charge in [0.05, 0.1) is 27.1 Å². The monoisotopic (exact) mass is 534 g/mol. The Labute approximate surface area is 222 Å². The third-order valence-electron chi connectivity index (χ3n) is 6.64. The highest BCUT2D eigenvalue weighted by Gasteiger charge is 2.23. The number of nitro groups is 1. The minimum Gasteiger partial charge on any atom is -0.481 e. The van der Waals surface area contributed by atoms with E-state index in [2.05, 4.69) is 5.10 Å². The van der Waals surface area contributed by atoms with Crippen LogP contribution in [0.25, 0.3) is 10.9 Å². The smallest absolute Gasteiger partial charge is 0.313 e. The van der Waals surface area contributed by atoms with E-state index in [1.165, 1.54) is 35.2 Å². The second kappa shape index (κ2) is 11.1. The van der Waals surface area contributed by atoms with Gasteiger partial charge in [0.2, 0.25) is 5.75 Å². The van der Waals surface area contributed by atoms with E-state index < -0.39 is 16.4 Å². The van der Waals surface area contributed by atoms with Crippen molar-refractivity contribution in [3.8, 4) is 5.75 Å². The average molecular weight is 535 g/mol. The zero-order valence-electron chi connectivity index (χ0n) is 20.3. The molecule has 1 saturated carbocycles. The van der Waals surface area contributed by atoms with Crippen LogP contribution in [0.3, 0.4) is 0 Å². The molecule has 1 aromatic heterocycles. The molecule has 1 heterocycles. The molecule has 0 saturated heterocycles. The number of ether oxygens (including phenoxy) is 1. The molecule has 0 amide bonds. The number of fused-ring (bicyclic) bond motifs is 1. The summed E-state index contributed by atoms with van der Waals surface area (Å²) in [5.74, 6) is 0.00288. The summed E-state index contributed by atoms with van der Waals surface area (Å²) in [6.07, 6.45) is 6.41. The third kappa shape index (κ3) is 5.28. The molecule has 0 aliphatic heterocycles. The fraction of sp³-hybridized carbons (Fsp3) is 0.250. The fourth-order valence-electron chi connectivity index (χ4n) is 4.72. The molecular weight excluding hydrogens is 511 g/mol.